The van der Waals surface area contributed by atoms with Crippen LogP contribution in [0.5, 0.6) is 0 Å². The Bertz CT molecular complexity index is 795. The minimum atomic E-state index is -0.244. The Labute approximate surface area is 169 Å². The van der Waals surface area contributed by atoms with E-state index in [1.165, 1.54) is 12.1 Å². The van der Waals surface area contributed by atoms with Crippen molar-refractivity contribution < 1.29 is 9.18 Å². The number of nitrogens with zero attached hydrogens (tertiary/aromatic N) is 1. The Morgan fingerprint density at radius 2 is 2.00 bits per heavy atom. The summed E-state index contributed by atoms with van der Waals surface area (Å²) in [6.45, 7) is 0.587. The van der Waals surface area contributed by atoms with Gasteiger partial charge in [-0.3, -0.25) is 4.79 Å². The molecular formula is C20H25ClFN3OS. The molecule has 1 saturated carbocycles. The molecule has 3 N–H and O–H groups in total. The third-order valence-corrected chi connectivity index (χ3v) is 6.92. The van der Waals surface area contributed by atoms with Crippen LogP contribution < -0.4 is 11.1 Å². The Balaban J connectivity index is 0.00000210. The molecule has 0 saturated heterocycles. The number of thiazole rings is 1. The lowest BCUT2D eigenvalue weighted by Gasteiger charge is -2.25. The van der Waals surface area contributed by atoms with Gasteiger partial charge in [0.25, 0.3) is 0 Å². The molecule has 3 atom stereocenters. The quantitative estimate of drug-likeness (QED) is 0.793. The van der Waals surface area contributed by atoms with Gasteiger partial charge in [0, 0.05) is 11.5 Å². The number of aromatic nitrogens is 1. The zero-order chi connectivity index (χ0) is 18.1. The van der Waals surface area contributed by atoms with Gasteiger partial charge in [-0.15, -0.1) is 23.7 Å². The third-order valence-electron chi connectivity index (χ3n) is 5.66. The summed E-state index contributed by atoms with van der Waals surface area (Å²) in [5.41, 5.74) is 7.84. The molecule has 2 aliphatic carbocycles. The molecule has 27 heavy (non-hydrogen) atoms. The van der Waals surface area contributed by atoms with Crippen LogP contribution in [0.3, 0.4) is 0 Å². The second-order valence-corrected chi connectivity index (χ2v) is 8.35. The van der Waals surface area contributed by atoms with Crippen molar-refractivity contribution in [1.29, 1.82) is 0 Å². The van der Waals surface area contributed by atoms with Crippen LogP contribution in [0.25, 0.3) is 10.6 Å². The van der Waals surface area contributed by atoms with E-state index in [0.717, 1.165) is 59.7 Å². The molecular weight excluding hydrogens is 385 g/mol. The highest BCUT2D eigenvalue weighted by Gasteiger charge is 2.34. The summed E-state index contributed by atoms with van der Waals surface area (Å²) in [5, 5.41) is 4.17. The average Bonchev–Trinajstić information content (AvgIpc) is 3.29. The van der Waals surface area contributed by atoms with Crippen LogP contribution in [0.4, 0.5) is 4.39 Å². The van der Waals surface area contributed by atoms with Crippen LogP contribution in [-0.2, 0) is 11.2 Å². The van der Waals surface area contributed by atoms with Gasteiger partial charge in [-0.05, 0) is 68.8 Å². The summed E-state index contributed by atoms with van der Waals surface area (Å²) in [6.07, 6.45) is 6.00. The van der Waals surface area contributed by atoms with Gasteiger partial charge in [0.1, 0.15) is 10.8 Å². The fraction of sp³-hybridized carbons (Fsp3) is 0.500. The number of amides is 1. The van der Waals surface area contributed by atoms with Crippen molar-refractivity contribution in [2.24, 2.45) is 17.6 Å². The van der Waals surface area contributed by atoms with Crippen molar-refractivity contribution in [3.63, 3.8) is 0 Å². The molecule has 2 aliphatic rings. The van der Waals surface area contributed by atoms with Crippen molar-refractivity contribution in [2.45, 2.75) is 44.6 Å². The average molecular weight is 410 g/mol. The molecule has 1 heterocycles. The summed E-state index contributed by atoms with van der Waals surface area (Å²) in [4.78, 5) is 18.7. The zero-order valence-electron chi connectivity index (χ0n) is 15.1. The molecule has 4 nitrogen and oxygen atoms in total. The SMILES string of the molecule is Cl.NC[C@H]1CCC[C@H]1C(=O)NC1CCCc2nc(-c3ccc(F)cc3)sc21. The molecule has 2 aromatic rings. The van der Waals surface area contributed by atoms with E-state index in [1.54, 1.807) is 23.5 Å². The maximum Gasteiger partial charge on any atom is 0.223 e. The number of benzene rings is 1. The lowest BCUT2D eigenvalue weighted by atomic mass is 9.93. The van der Waals surface area contributed by atoms with Crippen LogP contribution >= 0.6 is 23.7 Å². The maximum atomic E-state index is 13.2. The number of carbonyl (C=O) groups excluding carboxylic acids is 1. The van der Waals surface area contributed by atoms with Gasteiger partial charge >= 0.3 is 0 Å². The molecule has 7 heteroatoms. The minimum Gasteiger partial charge on any atom is -0.348 e. The first-order valence-electron chi connectivity index (χ1n) is 9.41. The first kappa shape index (κ1) is 20.2. The second-order valence-electron chi connectivity index (χ2n) is 7.32. The van der Waals surface area contributed by atoms with E-state index in [2.05, 4.69) is 5.32 Å². The van der Waals surface area contributed by atoms with Crippen LogP contribution in [0.15, 0.2) is 24.3 Å². The van der Waals surface area contributed by atoms with Gasteiger partial charge < -0.3 is 11.1 Å². The molecule has 0 radical (unpaired) electrons. The maximum absolute atomic E-state index is 13.2. The van der Waals surface area contributed by atoms with E-state index in [1.807, 2.05) is 0 Å². The number of carbonyl (C=O) groups is 1. The van der Waals surface area contributed by atoms with Gasteiger partial charge in [-0.2, -0.15) is 0 Å². The molecule has 146 valence electrons. The molecule has 0 aliphatic heterocycles. The number of fused-ring (bicyclic) bond motifs is 1. The van der Waals surface area contributed by atoms with Gasteiger partial charge in [-0.1, -0.05) is 6.42 Å². The summed E-state index contributed by atoms with van der Waals surface area (Å²) >= 11 is 1.62. The van der Waals surface area contributed by atoms with Crippen LogP contribution in [0.1, 0.15) is 48.7 Å². The summed E-state index contributed by atoms with van der Waals surface area (Å²) in [7, 11) is 0. The molecule has 4 rings (SSSR count). The first-order valence-corrected chi connectivity index (χ1v) is 10.2. The Morgan fingerprint density at radius 1 is 1.22 bits per heavy atom. The summed E-state index contributed by atoms with van der Waals surface area (Å²) < 4.78 is 13.2. The third kappa shape index (κ3) is 4.18. The number of rotatable bonds is 4. The number of nitrogens with one attached hydrogen (secondary N) is 1. The number of halogens is 2. The highest BCUT2D eigenvalue weighted by Crippen LogP contribution is 2.39. The predicted octanol–water partition coefficient (Wildman–Crippen LogP) is 4.24. The van der Waals surface area contributed by atoms with Gasteiger partial charge in [0.2, 0.25) is 5.91 Å². The monoisotopic (exact) mass is 409 g/mol. The molecule has 1 aromatic heterocycles. The lowest BCUT2D eigenvalue weighted by molar-refractivity contribution is -0.126. The van der Waals surface area contributed by atoms with Crippen molar-refractivity contribution in [2.75, 3.05) is 6.54 Å². The van der Waals surface area contributed by atoms with Crippen LogP contribution in [-0.4, -0.2) is 17.4 Å². The molecule has 1 fully saturated rings. The molecule has 0 spiro atoms. The predicted molar refractivity (Wildman–Crippen MR) is 108 cm³/mol. The molecule has 0 bridgehead atoms. The van der Waals surface area contributed by atoms with E-state index in [-0.39, 0.29) is 36.1 Å². The Hall–Kier alpha value is -1.50. The smallest absolute Gasteiger partial charge is 0.223 e. The summed E-state index contributed by atoms with van der Waals surface area (Å²) in [5.74, 6) is 0.267. The first-order chi connectivity index (χ1) is 12.7. The van der Waals surface area contributed by atoms with Crippen LogP contribution in [0, 0.1) is 17.7 Å². The van der Waals surface area contributed by atoms with Gasteiger partial charge in [-0.25, -0.2) is 9.37 Å². The van der Waals surface area contributed by atoms with Crippen molar-refractivity contribution in [3.8, 4) is 10.6 Å². The molecule has 1 amide bonds. The van der Waals surface area contributed by atoms with E-state index in [0.29, 0.717) is 12.5 Å². The normalized spacial score (nSPS) is 24.1. The standard InChI is InChI=1S/C20H24FN3OS.ClH/c21-14-9-7-12(8-10-14)20-24-17-6-2-5-16(18(17)26-20)23-19(25)15-4-1-3-13(15)11-22;/h7-10,13,15-16H,1-6,11,22H2,(H,23,25);1H/t13-,15-,16?;/m1./s1. The van der Waals surface area contributed by atoms with Crippen LogP contribution in [0.2, 0.25) is 0 Å². The van der Waals surface area contributed by atoms with Gasteiger partial charge in [0.05, 0.1) is 16.6 Å². The number of nitrogens with two attached hydrogens (primary N) is 1. The Kier molecular flexibility index (Phi) is 6.50. The van der Waals surface area contributed by atoms with Crippen molar-refractivity contribution in [1.82, 2.24) is 10.3 Å². The molecule has 1 aromatic carbocycles. The van der Waals surface area contributed by atoms with Crippen molar-refractivity contribution in [3.05, 3.63) is 40.7 Å². The Morgan fingerprint density at radius 3 is 2.74 bits per heavy atom. The summed E-state index contributed by atoms with van der Waals surface area (Å²) in [6, 6.07) is 6.48. The largest absolute Gasteiger partial charge is 0.348 e. The second kappa shape index (κ2) is 8.67. The number of hydrogen-bond donors (Lipinski definition) is 2. The highest BCUT2D eigenvalue weighted by atomic mass is 35.5. The van der Waals surface area contributed by atoms with E-state index < -0.39 is 0 Å². The lowest BCUT2D eigenvalue weighted by Crippen LogP contribution is -2.38. The van der Waals surface area contributed by atoms with E-state index >= 15 is 0 Å². The fourth-order valence-corrected chi connectivity index (χ4v) is 5.42. The number of aryl methyl sites for hydroxylation is 1. The topological polar surface area (TPSA) is 68.0 Å². The van der Waals surface area contributed by atoms with Crippen molar-refractivity contribution >= 4 is 29.7 Å². The van der Waals surface area contributed by atoms with E-state index in [4.69, 9.17) is 10.7 Å². The molecule has 1 unspecified atom stereocenters. The number of hydrogen-bond acceptors (Lipinski definition) is 4. The highest BCUT2D eigenvalue weighted by molar-refractivity contribution is 7.15. The zero-order valence-corrected chi connectivity index (χ0v) is 16.8. The fourth-order valence-electron chi connectivity index (χ4n) is 4.22. The minimum absolute atomic E-state index is 0. The van der Waals surface area contributed by atoms with Gasteiger partial charge in [0.15, 0.2) is 0 Å². The van der Waals surface area contributed by atoms with E-state index in [9.17, 15) is 9.18 Å².